The van der Waals surface area contributed by atoms with Gasteiger partial charge in [0.1, 0.15) is 11.6 Å². The lowest BCUT2D eigenvalue weighted by Crippen LogP contribution is -2.39. The fourth-order valence-corrected chi connectivity index (χ4v) is 2.50. The average Bonchev–Trinajstić information content (AvgIpc) is 2.54. The van der Waals surface area contributed by atoms with Crippen molar-refractivity contribution < 1.29 is 9.18 Å². The highest BCUT2D eigenvalue weighted by molar-refractivity contribution is 5.96. The van der Waals surface area contributed by atoms with Gasteiger partial charge in [0, 0.05) is 13.6 Å². The maximum Gasteiger partial charge on any atom is 0.330 e. The molecule has 8 heteroatoms. The minimum atomic E-state index is -0.731. The van der Waals surface area contributed by atoms with Crippen LogP contribution in [-0.4, -0.2) is 22.5 Å². The summed E-state index contributed by atoms with van der Waals surface area (Å²) in [5.41, 5.74) is 5.03. The van der Waals surface area contributed by atoms with Gasteiger partial charge >= 0.3 is 5.69 Å². The molecule has 134 valence electrons. The topological polar surface area (TPSA) is 101 Å². The van der Waals surface area contributed by atoms with Crippen molar-refractivity contribution in [1.82, 2.24) is 9.55 Å². The number of halogens is 1. The summed E-state index contributed by atoms with van der Waals surface area (Å²) in [7, 11) is 1.40. The number of nitrogens with one attached hydrogen (secondary N) is 1. The fourth-order valence-electron chi connectivity index (χ4n) is 2.50. The molecule has 1 heterocycles. The molecule has 2 rings (SSSR count). The van der Waals surface area contributed by atoms with Crippen LogP contribution < -0.4 is 21.9 Å². The highest BCUT2D eigenvalue weighted by Gasteiger charge is 2.21. The van der Waals surface area contributed by atoms with Gasteiger partial charge in [-0.15, -0.1) is 0 Å². The third-order valence-corrected chi connectivity index (χ3v) is 3.90. The van der Waals surface area contributed by atoms with E-state index in [9.17, 15) is 18.8 Å². The number of carbonyl (C=O) groups excluding carboxylic acids is 1. The van der Waals surface area contributed by atoms with Gasteiger partial charge in [-0.05, 0) is 24.1 Å². The first-order valence-corrected chi connectivity index (χ1v) is 7.98. The maximum absolute atomic E-state index is 13.2. The number of hydrogen-bond donors (Lipinski definition) is 2. The molecule has 0 aliphatic rings. The van der Waals surface area contributed by atoms with Gasteiger partial charge in [0.2, 0.25) is 5.91 Å². The van der Waals surface area contributed by atoms with E-state index in [1.165, 1.54) is 29.8 Å². The minimum Gasteiger partial charge on any atom is -0.383 e. The van der Waals surface area contributed by atoms with Crippen LogP contribution >= 0.6 is 0 Å². The van der Waals surface area contributed by atoms with E-state index < -0.39 is 23.0 Å². The number of anilines is 2. The number of nitrogens with zero attached hydrogens (tertiary/aromatic N) is 2. The van der Waals surface area contributed by atoms with E-state index in [1.807, 2.05) is 6.92 Å². The highest BCUT2D eigenvalue weighted by atomic mass is 19.1. The number of aromatic amines is 1. The van der Waals surface area contributed by atoms with E-state index >= 15 is 0 Å². The monoisotopic (exact) mass is 348 g/mol. The predicted octanol–water partition coefficient (Wildman–Crippen LogP) is 1.26. The fraction of sp³-hybridized carbons (Fsp3) is 0.353. The summed E-state index contributed by atoms with van der Waals surface area (Å²) in [5.74, 6) is -0.945. The van der Waals surface area contributed by atoms with Crippen molar-refractivity contribution in [2.45, 2.75) is 32.7 Å². The number of benzene rings is 1. The molecule has 7 nitrogen and oxygen atoms in total. The normalized spacial score (nSPS) is 10.7. The smallest absolute Gasteiger partial charge is 0.330 e. The Hall–Kier alpha value is -2.90. The molecule has 0 saturated carbocycles. The highest BCUT2D eigenvalue weighted by Crippen LogP contribution is 2.17. The molecule has 0 aliphatic heterocycles. The zero-order chi connectivity index (χ0) is 18.6. The van der Waals surface area contributed by atoms with E-state index in [2.05, 4.69) is 4.98 Å². The Bertz CT molecular complexity index is 888. The minimum absolute atomic E-state index is 0.0581. The number of nitrogen functional groups attached to an aromatic ring is 1. The third kappa shape index (κ3) is 4.14. The number of carbonyl (C=O) groups is 1. The number of H-pyrrole nitrogens is 1. The Morgan fingerprint density at radius 2 is 2.08 bits per heavy atom. The van der Waals surface area contributed by atoms with Crippen molar-refractivity contribution in [2.24, 2.45) is 0 Å². The van der Waals surface area contributed by atoms with Gasteiger partial charge in [-0.2, -0.15) is 0 Å². The van der Waals surface area contributed by atoms with E-state index in [0.29, 0.717) is 18.5 Å². The van der Waals surface area contributed by atoms with Crippen LogP contribution in [0.5, 0.6) is 0 Å². The largest absolute Gasteiger partial charge is 0.383 e. The molecule has 0 unspecified atom stereocenters. The Morgan fingerprint density at radius 1 is 1.36 bits per heavy atom. The molecule has 1 amide bonds. The number of hydrogen-bond acceptors (Lipinski definition) is 4. The zero-order valence-electron chi connectivity index (χ0n) is 14.2. The SMILES string of the molecule is CCCCn1c(N)c(N(C)C(=O)Cc2cccc(F)c2)c(=O)[nH]c1=O. The summed E-state index contributed by atoms with van der Waals surface area (Å²) in [6, 6.07) is 5.65. The van der Waals surface area contributed by atoms with Crippen LogP contribution in [0, 0.1) is 5.82 Å². The summed E-state index contributed by atoms with van der Waals surface area (Å²) in [4.78, 5) is 39.8. The number of likely N-dealkylation sites (N-methyl/N-ethyl adjacent to an activating group) is 1. The van der Waals surface area contributed by atoms with Crippen molar-refractivity contribution in [3.8, 4) is 0 Å². The van der Waals surface area contributed by atoms with Crippen LogP contribution in [0.25, 0.3) is 0 Å². The third-order valence-electron chi connectivity index (χ3n) is 3.90. The summed E-state index contributed by atoms with van der Waals surface area (Å²) >= 11 is 0. The number of aromatic nitrogens is 2. The molecule has 25 heavy (non-hydrogen) atoms. The van der Waals surface area contributed by atoms with Crippen LogP contribution in [0.15, 0.2) is 33.9 Å². The van der Waals surface area contributed by atoms with Gasteiger partial charge < -0.3 is 10.6 Å². The summed E-state index contributed by atoms with van der Waals surface area (Å²) < 4.78 is 14.5. The molecule has 0 saturated heterocycles. The average molecular weight is 348 g/mol. The molecule has 3 N–H and O–H groups in total. The second-order valence-corrected chi connectivity index (χ2v) is 5.76. The van der Waals surface area contributed by atoms with Gasteiger partial charge in [0.15, 0.2) is 5.69 Å². The van der Waals surface area contributed by atoms with E-state index in [-0.39, 0.29) is 17.9 Å². The second-order valence-electron chi connectivity index (χ2n) is 5.76. The molecule has 2 aromatic rings. The predicted molar refractivity (Wildman–Crippen MR) is 94.2 cm³/mol. The quantitative estimate of drug-likeness (QED) is 0.820. The van der Waals surface area contributed by atoms with Crippen molar-refractivity contribution in [3.63, 3.8) is 0 Å². The Kier molecular flexibility index (Phi) is 5.74. The van der Waals surface area contributed by atoms with Crippen LogP contribution in [0.4, 0.5) is 15.9 Å². The lowest BCUT2D eigenvalue weighted by atomic mass is 10.1. The number of rotatable bonds is 6. The molecule has 1 aromatic carbocycles. The molecule has 0 radical (unpaired) electrons. The van der Waals surface area contributed by atoms with Gasteiger partial charge in [0.25, 0.3) is 5.56 Å². The zero-order valence-corrected chi connectivity index (χ0v) is 14.2. The molecule has 1 aromatic heterocycles. The Labute approximate surface area is 143 Å². The van der Waals surface area contributed by atoms with Crippen LogP contribution in [0.2, 0.25) is 0 Å². The van der Waals surface area contributed by atoms with Crippen molar-refractivity contribution in [3.05, 3.63) is 56.5 Å². The molecule has 0 atom stereocenters. The Morgan fingerprint density at radius 3 is 2.72 bits per heavy atom. The number of amides is 1. The second kappa shape index (κ2) is 7.78. The van der Waals surface area contributed by atoms with Gasteiger partial charge in [-0.3, -0.25) is 19.1 Å². The molecule has 0 fully saturated rings. The summed E-state index contributed by atoms with van der Waals surface area (Å²) in [6.07, 6.45) is 1.45. The number of unbranched alkanes of at least 4 members (excludes halogenated alkanes) is 1. The van der Waals surface area contributed by atoms with E-state index in [4.69, 9.17) is 5.73 Å². The van der Waals surface area contributed by atoms with Gasteiger partial charge in [-0.25, -0.2) is 9.18 Å². The lowest BCUT2D eigenvalue weighted by Gasteiger charge is -2.20. The summed E-state index contributed by atoms with van der Waals surface area (Å²) in [6.45, 7) is 2.30. The molecule has 0 aliphatic carbocycles. The molecule has 0 bridgehead atoms. The van der Waals surface area contributed by atoms with Crippen molar-refractivity contribution >= 4 is 17.4 Å². The first kappa shape index (κ1) is 18.4. The van der Waals surface area contributed by atoms with Crippen LogP contribution in [-0.2, 0) is 17.8 Å². The maximum atomic E-state index is 13.2. The molecule has 0 spiro atoms. The molecular formula is C17H21FN4O3. The molecular weight excluding hydrogens is 327 g/mol. The van der Waals surface area contributed by atoms with Crippen molar-refractivity contribution in [2.75, 3.05) is 17.7 Å². The summed E-state index contributed by atoms with van der Waals surface area (Å²) in [5, 5.41) is 0. The first-order chi connectivity index (χ1) is 11.8. The lowest BCUT2D eigenvalue weighted by molar-refractivity contribution is -0.117. The van der Waals surface area contributed by atoms with E-state index in [0.717, 1.165) is 11.3 Å². The standard InChI is InChI=1S/C17H21FN4O3/c1-3-4-8-22-15(19)14(16(24)20-17(22)25)21(2)13(23)10-11-6-5-7-12(18)9-11/h5-7,9H,3-4,8,10,19H2,1-2H3,(H,20,24,25). The first-order valence-electron chi connectivity index (χ1n) is 7.98. The van der Waals surface area contributed by atoms with E-state index in [1.54, 1.807) is 6.07 Å². The number of nitrogens with two attached hydrogens (primary N) is 1. The Balaban J connectivity index is 2.34. The van der Waals surface area contributed by atoms with Crippen LogP contribution in [0.3, 0.4) is 0 Å². The van der Waals surface area contributed by atoms with Gasteiger partial charge in [0.05, 0.1) is 6.42 Å². The van der Waals surface area contributed by atoms with Crippen molar-refractivity contribution in [1.29, 1.82) is 0 Å². The van der Waals surface area contributed by atoms with Crippen LogP contribution in [0.1, 0.15) is 25.3 Å². The van der Waals surface area contributed by atoms with Gasteiger partial charge in [-0.1, -0.05) is 25.5 Å².